The minimum atomic E-state index is -0.448. The van der Waals surface area contributed by atoms with Gasteiger partial charge in [-0.1, -0.05) is 66.2 Å². The molecule has 0 spiro atoms. The van der Waals surface area contributed by atoms with Gasteiger partial charge in [0.2, 0.25) is 5.91 Å². The van der Waals surface area contributed by atoms with E-state index in [4.69, 9.17) is 28.5 Å². The van der Waals surface area contributed by atoms with E-state index in [1.807, 2.05) is 18.2 Å². The molecule has 0 aliphatic carbocycles. The summed E-state index contributed by atoms with van der Waals surface area (Å²) in [4.78, 5) is 30.1. The second-order valence-electron chi connectivity index (χ2n) is 7.31. The van der Waals surface area contributed by atoms with Gasteiger partial charge in [-0.3, -0.25) is 19.6 Å². The molecule has 7 N–H and O–H groups in total. The molecular weight excluding hydrogens is 548 g/mol. The van der Waals surface area contributed by atoms with E-state index in [2.05, 4.69) is 15.6 Å². The summed E-state index contributed by atoms with van der Waals surface area (Å²) in [5.41, 5.74) is 13.0. The SMILES string of the molecule is Cl.Cl.Cl.N=C(N)c1ccc(CNC(=O)Cn2c(-c3ccccc3)c(Cl)nc(NCCCN)c2=O)cc1. The maximum Gasteiger partial charge on any atom is 0.294 e. The summed E-state index contributed by atoms with van der Waals surface area (Å²) in [6.45, 7) is 0.949. The number of nitrogens with two attached hydrogens (primary N) is 2. The Balaban J connectivity index is 0.00000408. The van der Waals surface area contributed by atoms with E-state index in [9.17, 15) is 9.59 Å². The molecule has 1 heterocycles. The van der Waals surface area contributed by atoms with Gasteiger partial charge >= 0.3 is 0 Å². The lowest BCUT2D eigenvalue weighted by molar-refractivity contribution is -0.121. The Morgan fingerprint density at radius 2 is 1.69 bits per heavy atom. The van der Waals surface area contributed by atoms with Crippen molar-refractivity contribution in [3.05, 3.63) is 81.2 Å². The highest BCUT2D eigenvalue weighted by molar-refractivity contribution is 6.32. The number of hydrogen-bond donors (Lipinski definition) is 5. The third kappa shape index (κ3) is 8.69. The molecule has 1 aromatic heterocycles. The van der Waals surface area contributed by atoms with E-state index in [0.717, 1.165) is 5.56 Å². The number of halogens is 4. The first-order valence-electron chi connectivity index (χ1n) is 10.4. The van der Waals surface area contributed by atoms with Crippen molar-refractivity contribution in [3.8, 4) is 11.3 Å². The molecule has 0 bridgehead atoms. The lowest BCUT2D eigenvalue weighted by Crippen LogP contribution is -2.34. The number of nitrogen functional groups attached to an aromatic ring is 1. The van der Waals surface area contributed by atoms with Gasteiger partial charge in [0.1, 0.15) is 12.4 Å². The van der Waals surface area contributed by atoms with Crippen LogP contribution in [0.15, 0.2) is 59.4 Å². The second kappa shape index (κ2) is 16.0. The van der Waals surface area contributed by atoms with Crippen LogP contribution in [0.1, 0.15) is 17.5 Å². The molecule has 3 rings (SSSR count). The monoisotopic (exact) mass is 575 g/mol. The number of rotatable bonds is 10. The smallest absolute Gasteiger partial charge is 0.294 e. The first kappa shape index (κ1) is 33.2. The summed E-state index contributed by atoms with van der Waals surface area (Å²) in [6, 6.07) is 16.1. The fourth-order valence-corrected chi connectivity index (χ4v) is 3.48. The van der Waals surface area contributed by atoms with Gasteiger partial charge in [0, 0.05) is 24.2 Å². The molecule has 0 atom stereocenters. The number of amides is 1. The van der Waals surface area contributed by atoms with Crippen LogP contribution in [0, 0.1) is 5.41 Å². The van der Waals surface area contributed by atoms with E-state index >= 15 is 0 Å². The number of aromatic nitrogens is 2. The van der Waals surface area contributed by atoms with E-state index in [0.29, 0.717) is 36.3 Å². The van der Waals surface area contributed by atoms with Crippen LogP contribution in [0.3, 0.4) is 0 Å². The Morgan fingerprint density at radius 3 is 2.28 bits per heavy atom. The van der Waals surface area contributed by atoms with Crippen molar-refractivity contribution in [2.45, 2.75) is 19.5 Å². The number of anilines is 1. The second-order valence-corrected chi connectivity index (χ2v) is 7.67. The normalized spacial score (nSPS) is 9.72. The summed E-state index contributed by atoms with van der Waals surface area (Å²) in [5, 5.41) is 13.3. The topological polar surface area (TPSA) is 152 Å². The van der Waals surface area contributed by atoms with Crippen molar-refractivity contribution in [2.75, 3.05) is 18.4 Å². The number of hydrogen-bond acceptors (Lipinski definition) is 6. The minimum Gasteiger partial charge on any atom is -0.384 e. The maximum absolute atomic E-state index is 13.2. The van der Waals surface area contributed by atoms with Crippen LogP contribution in [-0.4, -0.2) is 34.4 Å². The summed E-state index contributed by atoms with van der Waals surface area (Å²) in [5.74, 6) is -0.315. The van der Waals surface area contributed by atoms with Crippen LogP contribution in [0.2, 0.25) is 5.15 Å². The number of amidine groups is 1. The van der Waals surface area contributed by atoms with Crippen molar-refractivity contribution in [3.63, 3.8) is 0 Å². The molecule has 3 aromatic rings. The molecule has 0 fully saturated rings. The predicted octanol–water partition coefficient (Wildman–Crippen LogP) is 3.19. The standard InChI is InChI=1S/C23H26ClN7O2.3ClH/c24-20-19(16-5-2-1-3-6-16)31(23(33)22(30-20)28-12-4-11-25)14-18(32)29-13-15-7-9-17(10-8-15)21(26)27;;;/h1-3,5-10H,4,11-14,25H2,(H3,26,27)(H,28,30)(H,29,32);3*1H. The molecule has 36 heavy (non-hydrogen) atoms. The molecule has 13 heteroatoms. The zero-order chi connectivity index (χ0) is 23.8. The molecule has 0 radical (unpaired) electrons. The molecule has 0 aliphatic heterocycles. The number of benzene rings is 2. The van der Waals surface area contributed by atoms with Gasteiger partial charge in [-0.05, 0) is 18.5 Å². The number of nitrogens with one attached hydrogen (secondary N) is 3. The maximum atomic E-state index is 13.2. The molecule has 0 saturated heterocycles. The average Bonchev–Trinajstić information content (AvgIpc) is 2.81. The first-order valence-corrected chi connectivity index (χ1v) is 10.8. The highest BCUT2D eigenvalue weighted by atomic mass is 35.5. The molecule has 0 unspecified atom stereocenters. The van der Waals surface area contributed by atoms with Crippen LogP contribution in [0.25, 0.3) is 11.3 Å². The first-order chi connectivity index (χ1) is 15.9. The molecule has 9 nitrogen and oxygen atoms in total. The third-order valence-corrected chi connectivity index (χ3v) is 5.16. The Morgan fingerprint density at radius 1 is 1.06 bits per heavy atom. The molecule has 0 aliphatic rings. The molecule has 2 aromatic carbocycles. The highest BCUT2D eigenvalue weighted by Crippen LogP contribution is 2.26. The van der Waals surface area contributed by atoms with Gasteiger partial charge in [0.15, 0.2) is 11.0 Å². The van der Waals surface area contributed by atoms with Crippen LogP contribution >= 0.6 is 48.8 Å². The third-order valence-electron chi connectivity index (χ3n) is 4.90. The van der Waals surface area contributed by atoms with Crippen LogP contribution in [-0.2, 0) is 17.9 Å². The Kier molecular flexibility index (Phi) is 14.8. The van der Waals surface area contributed by atoms with Crippen LogP contribution in [0.4, 0.5) is 5.82 Å². The van der Waals surface area contributed by atoms with Crippen molar-refractivity contribution in [2.24, 2.45) is 11.5 Å². The lowest BCUT2D eigenvalue weighted by atomic mass is 10.1. The van der Waals surface area contributed by atoms with Gasteiger partial charge < -0.3 is 22.1 Å². The summed E-state index contributed by atoms with van der Waals surface area (Å²) in [6.07, 6.45) is 0.655. The number of carbonyl (C=O) groups excluding carboxylic acids is 1. The van der Waals surface area contributed by atoms with Crippen molar-refractivity contribution >= 4 is 66.4 Å². The fraction of sp³-hybridized carbons (Fsp3) is 0.217. The van der Waals surface area contributed by atoms with Crippen molar-refractivity contribution < 1.29 is 4.79 Å². The highest BCUT2D eigenvalue weighted by Gasteiger charge is 2.19. The molecule has 1 amide bonds. The Hall–Kier alpha value is -2.82. The lowest BCUT2D eigenvalue weighted by Gasteiger charge is -2.16. The fourth-order valence-electron chi connectivity index (χ4n) is 3.19. The van der Waals surface area contributed by atoms with Crippen LogP contribution < -0.4 is 27.7 Å². The predicted molar refractivity (Wildman–Crippen MR) is 152 cm³/mol. The van der Waals surface area contributed by atoms with Crippen molar-refractivity contribution in [1.29, 1.82) is 5.41 Å². The summed E-state index contributed by atoms with van der Waals surface area (Å²) >= 11 is 6.46. The van der Waals surface area contributed by atoms with Gasteiger partial charge in [-0.25, -0.2) is 4.98 Å². The summed E-state index contributed by atoms with van der Waals surface area (Å²) < 4.78 is 1.32. The van der Waals surface area contributed by atoms with E-state index < -0.39 is 5.56 Å². The zero-order valence-electron chi connectivity index (χ0n) is 19.2. The van der Waals surface area contributed by atoms with Gasteiger partial charge in [-0.2, -0.15) is 0 Å². The van der Waals surface area contributed by atoms with E-state index in [1.165, 1.54) is 4.57 Å². The zero-order valence-corrected chi connectivity index (χ0v) is 22.4. The summed E-state index contributed by atoms with van der Waals surface area (Å²) in [7, 11) is 0. The Bertz CT molecular complexity index is 1190. The minimum absolute atomic E-state index is 0. The van der Waals surface area contributed by atoms with Crippen molar-refractivity contribution in [1.82, 2.24) is 14.9 Å². The van der Waals surface area contributed by atoms with Gasteiger partial charge in [0.25, 0.3) is 5.56 Å². The number of carbonyl (C=O) groups is 1. The van der Waals surface area contributed by atoms with Crippen LogP contribution in [0.5, 0.6) is 0 Å². The van der Waals surface area contributed by atoms with E-state index in [1.54, 1.807) is 36.4 Å². The average molecular weight is 577 g/mol. The van der Waals surface area contributed by atoms with Gasteiger partial charge in [0.05, 0.1) is 5.69 Å². The molecule has 196 valence electrons. The Labute approximate surface area is 232 Å². The molecule has 0 saturated carbocycles. The quantitative estimate of drug-likeness (QED) is 0.142. The molecular formula is C23H29Cl4N7O2. The number of nitrogens with zero attached hydrogens (tertiary/aromatic N) is 2. The van der Waals surface area contributed by atoms with E-state index in [-0.39, 0.29) is 73.0 Å². The largest absolute Gasteiger partial charge is 0.384 e. The van der Waals surface area contributed by atoms with Gasteiger partial charge in [-0.15, -0.1) is 37.2 Å².